The van der Waals surface area contributed by atoms with Crippen molar-refractivity contribution >= 4 is 0 Å². The summed E-state index contributed by atoms with van der Waals surface area (Å²) in [5.74, 6) is 1.74. The topological polar surface area (TPSA) is 47.1 Å². The van der Waals surface area contributed by atoms with Gasteiger partial charge in [0.2, 0.25) is 0 Å². The van der Waals surface area contributed by atoms with Crippen molar-refractivity contribution in [2.24, 2.45) is 5.73 Å². The van der Waals surface area contributed by atoms with Crippen LogP contribution in [0.2, 0.25) is 0 Å². The van der Waals surface area contributed by atoms with Crippen LogP contribution in [0.3, 0.4) is 0 Å². The molecule has 2 heterocycles. The molecule has 2 aromatic rings. The predicted octanol–water partition coefficient (Wildman–Crippen LogP) is 2.27. The van der Waals surface area contributed by atoms with E-state index in [1.807, 2.05) is 6.20 Å². The number of rotatable bonds is 1. The molecule has 1 aliphatic heterocycles. The Balaban J connectivity index is 1.63. The van der Waals surface area contributed by atoms with Gasteiger partial charge in [-0.3, -0.25) is 4.90 Å². The van der Waals surface area contributed by atoms with Crippen LogP contribution in [0.15, 0.2) is 36.7 Å². The average molecular weight is 282 g/mol. The van der Waals surface area contributed by atoms with Gasteiger partial charge >= 0.3 is 0 Å². The van der Waals surface area contributed by atoms with Crippen LogP contribution in [-0.2, 0) is 13.1 Å². The molecule has 0 radical (unpaired) electrons. The van der Waals surface area contributed by atoms with E-state index >= 15 is 0 Å². The number of hydrogen-bond donors (Lipinski definition) is 1. The van der Waals surface area contributed by atoms with E-state index in [1.54, 1.807) is 0 Å². The number of nitrogens with zero attached hydrogens (tertiary/aromatic N) is 3. The SMILES string of the molecule is CC1CC(N2CCn3ccnc3C2)C(N)c2ccccc21. The van der Waals surface area contributed by atoms with E-state index < -0.39 is 0 Å². The third-order valence-electron chi connectivity index (χ3n) is 5.14. The molecule has 0 fully saturated rings. The Hall–Kier alpha value is -1.65. The van der Waals surface area contributed by atoms with Crippen molar-refractivity contribution in [2.45, 2.75) is 44.4 Å². The van der Waals surface area contributed by atoms with Gasteiger partial charge in [0.15, 0.2) is 0 Å². The standard InChI is InChI=1S/C17H22N4/c1-12-10-15(17(18)14-5-3-2-4-13(12)14)21-9-8-20-7-6-19-16(20)11-21/h2-7,12,15,17H,8-11,18H2,1H3. The number of hydrogen-bond acceptors (Lipinski definition) is 3. The van der Waals surface area contributed by atoms with Gasteiger partial charge in [0.1, 0.15) is 5.82 Å². The molecule has 21 heavy (non-hydrogen) atoms. The van der Waals surface area contributed by atoms with Gasteiger partial charge in [0.25, 0.3) is 0 Å². The van der Waals surface area contributed by atoms with Gasteiger partial charge in [-0.25, -0.2) is 4.98 Å². The molecular formula is C17H22N4. The van der Waals surface area contributed by atoms with Crippen molar-refractivity contribution in [3.8, 4) is 0 Å². The van der Waals surface area contributed by atoms with E-state index in [0.29, 0.717) is 12.0 Å². The quantitative estimate of drug-likeness (QED) is 0.873. The van der Waals surface area contributed by atoms with Crippen LogP contribution in [0.1, 0.15) is 42.3 Å². The first-order chi connectivity index (χ1) is 10.2. The molecule has 2 N–H and O–H groups in total. The fourth-order valence-electron chi connectivity index (χ4n) is 3.96. The molecule has 4 heteroatoms. The molecule has 0 bridgehead atoms. The number of fused-ring (bicyclic) bond motifs is 2. The lowest BCUT2D eigenvalue weighted by molar-refractivity contribution is 0.113. The van der Waals surface area contributed by atoms with E-state index in [-0.39, 0.29) is 6.04 Å². The second kappa shape index (κ2) is 4.97. The van der Waals surface area contributed by atoms with Gasteiger partial charge in [0.05, 0.1) is 6.54 Å². The lowest BCUT2D eigenvalue weighted by atomic mass is 9.77. The van der Waals surface area contributed by atoms with Gasteiger partial charge in [-0.15, -0.1) is 0 Å². The highest BCUT2D eigenvalue weighted by Gasteiger charge is 2.35. The summed E-state index contributed by atoms with van der Waals surface area (Å²) in [5.41, 5.74) is 9.37. The Kier molecular flexibility index (Phi) is 3.08. The summed E-state index contributed by atoms with van der Waals surface area (Å²) < 4.78 is 2.25. The maximum Gasteiger partial charge on any atom is 0.122 e. The highest BCUT2D eigenvalue weighted by atomic mass is 15.3. The third-order valence-corrected chi connectivity index (χ3v) is 5.14. The third kappa shape index (κ3) is 2.10. The molecule has 1 aromatic carbocycles. The van der Waals surface area contributed by atoms with Crippen LogP contribution in [0.4, 0.5) is 0 Å². The van der Waals surface area contributed by atoms with E-state index in [1.165, 1.54) is 17.0 Å². The Labute approximate surface area is 125 Å². The van der Waals surface area contributed by atoms with Gasteiger partial charge in [-0.1, -0.05) is 31.2 Å². The minimum atomic E-state index is 0.110. The van der Waals surface area contributed by atoms with Crippen LogP contribution in [0.5, 0.6) is 0 Å². The Morgan fingerprint density at radius 3 is 2.86 bits per heavy atom. The first-order valence-corrected chi connectivity index (χ1v) is 7.82. The zero-order valence-corrected chi connectivity index (χ0v) is 12.4. The van der Waals surface area contributed by atoms with E-state index in [4.69, 9.17) is 5.73 Å². The van der Waals surface area contributed by atoms with Crippen molar-refractivity contribution in [2.75, 3.05) is 6.54 Å². The fourth-order valence-corrected chi connectivity index (χ4v) is 3.96. The van der Waals surface area contributed by atoms with E-state index in [0.717, 1.165) is 26.1 Å². The smallest absolute Gasteiger partial charge is 0.122 e. The van der Waals surface area contributed by atoms with Crippen molar-refractivity contribution in [3.63, 3.8) is 0 Å². The molecule has 0 spiro atoms. The van der Waals surface area contributed by atoms with Crippen molar-refractivity contribution in [3.05, 3.63) is 53.6 Å². The van der Waals surface area contributed by atoms with Crippen molar-refractivity contribution in [1.29, 1.82) is 0 Å². The zero-order valence-electron chi connectivity index (χ0n) is 12.4. The molecule has 2 aliphatic rings. The molecule has 3 atom stereocenters. The summed E-state index contributed by atoms with van der Waals surface area (Å²) >= 11 is 0. The second-order valence-corrected chi connectivity index (χ2v) is 6.37. The maximum absolute atomic E-state index is 6.61. The van der Waals surface area contributed by atoms with Crippen LogP contribution in [0.25, 0.3) is 0 Å². The largest absolute Gasteiger partial charge is 0.333 e. The number of imidazole rings is 1. The van der Waals surface area contributed by atoms with Gasteiger partial charge in [-0.2, -0.15) is 0 Å². The summed E-state index contributed by atoms with van der Waals surface area (Å²) in [5, 5.41) is 0. The summed E-state index contributed by atoms with van der Waals surface area (Å²) in [4.78, 5) is 7.00. The van der Waals surface area contributed by atoms with Crippen molar-refractivity contribution < 1.29 is 0 Å². The molecule has 0 saturated carbocycles. The van der Waals surface area contributed by atoms with Crippen LogP contribution >= 0.6 is 0 Å². The predicted molar refractivity (Wildman–Crippen MR) is 82.8 cm³/mol. The molecule has 1 aliphatic carbocycles. The minimum Gasteiger partial charge on any atom is -0.333 e. The van der Waals surface area contributed by atoms with Crippen LogP contribution < -0.4 is 5.73 Å². The first kappa shape index (κ1) is 13.0. The van der Waals surface area contributed by atoms with Crippen molar-refractivity contribution in [1.82, 2.24) is 14.5 Å². The second-order valence-electron chi connectivity index (χ2n) is 6.37. The molecule has 4 rings (SSSR count). The fraction of sp³-hybridized carbons (Fsp3) is 0.471. The molecule has 1 aromatic heterocycles. The highest BCUT2D eigenvalue weighted by Crippen LogP contribution is 2.39. The molecule has 0 saturated heterocycles. The number of aromatic nitrogens is 2. The Morgan fingerprint density at radius 2 is 2.00 bits per heavy atom. The summed E-state index contributed by atoms with van der Waals surface area (Å²) in [6.45, 7) is 5.33. The lowest BCUT2D eigenvalue weighted by Crippen LogP contribution is -2.48. The van der Waals surface area contributed by atoms with Gasteiger partial charge in [0, 0.05) is 37.6 Å². The Morgan fingerprint density at radius 1 is 1.19 bits per heavy atom. The summed E-state index contributed by atoms with van der Waals surface area (Å²) in [7, 11) is 0. The molecule has 110 valence electrons. The molecule has 4 nitrogen and oxygen atoms in total. The first-order valence-electron chi connectivity index (χ1n) is 7.82. The summed E-state index contributed by atoms with van der Waals surface area (Å²) in [6, 6.07) is 9.20. The normalized spacial score (nSPS) is 29.0. The van der Waals surface area contributed by atoms with E-state index in [2.05, 4.69) is 51.8 Å². The lowest BCUT2D eigenvalue weighted by Gasteiger charge is -2.43. The molecule has 0 amide bonds. The zero-order chi connectivity index (χ0) is 14.4. The molecule has 3 unspecified atom stereocenters. The van der Waals surface area contributed by atoms with Gasteiger partial charge < -0.3 is 10.3 Å². The number of benzene rings is 1. The minimum absolute atomic E-state index is 0.110. The Bertz CT molecular complexity index is 648. The number of nitrogens with two attached hydrogens (primary N) is 1. The monoisotopic (exact) mass is 282 g/mol. The average Bonchev–Trinajstić information content (AvgIpc) is 2.98. The highest BCUT2D eigenvalue weighted by molar-refractivity contribution is 5.36. The maximum atomic E-state index is 6.61. The van der Waals surface area contributed by atoms with E-state index in [9.17, 15) is 0 Å². The van der Waals surface area contributed by atoms with Crippen LogP contribution in [-0.4, -0.2) is 27.0 Å². The van der Waals surface area contributed by atoms with Gasteiger partial charge in [-0.05, 0) is 23.5 Å². The van der Waals surface area contributed by atoms with Crippen LogP contribution in [0, 0.1) is 0 Å². The molecular weight excluding hydrogens is 260 g/mol. The summed E-state index contributed by atoms with van der Waals surface area (Å²) in [6.07, 6.45) is 5.11.